The van der Waals surface area contributed by atoms with E-state index in [1.807, 2.05) is 38.1 Å². The second-order valence-corrected chi connectivity index (χ2v) is 3.25. The Labute approximate surface area is 73.6 Å². The van der Waals surface area contributed by atoms with Crippen LogP contribution in [0.5, 0.6) is 0 Å². The maximum Gasteiger partial charge on any atom is 0.132 e. The van der Waals surface area contributed by atoms with Gasteiger partial charge in [-0.15, -0.1) is 0 Å². The molecule has 12 heavy (non-hydrogen) atoms. The molecule has 0 aliphatic carbocycles. The summed E-state index contributed by atoms with van der Waals surface area (Å²) >= 11 is 0. The zero-order valence-corrected chi connectivity index (χ0v) is 7.87. The summed E-state index contributed by atoms with van der Waals surface area (Å²) in [6.07, 6.45) is 0. The molecule has 0 aliphatic rings. The van der Waals surface area contributed by atoms with Gasteiger partial charge in [-0.2, -0.15) is 0 Å². The third-order valence-electron chi connectivity index (χ3n) is 2.18. The number of hydrogen-bond acceptors (Lipinski definition) is 1. The molecule has 1 atom stereocenters. The molecule has 0 unspecified atom stereocenters. The molecule has 0 spiro atoms. The van der Waals surface area contributed by atoms with Crippen LogP contribution in [-0.4, -0.2) is 13.6 Å². The Morgan fingerprint density at radius 1 is 1.25 bits per heavy atom. The summed E-state index contributed by atoms with van der Waals surface area (Å²) in [6.45, 7) is 4.49. The Hall–Kier alpha value is -0.860. The maximum atomic E-state index is 11.7. The molecule has 0 saturated carbocycles. The molecule has 0 aromatic heterocycles. The molecular formula is C10H15NO. The van der Waals surface area contributed by atoms with E-state index in [-0.39, 0.29) is 4.65 Å². The number of benzene rings is 1. The van der Waals surface area contributed by atoms with Crippen LogP contribution in [-0.2, 0) is 0 Å². The highest BCUT2D eigenvalue weighted by atomic mass is 16.5. The van der Waals surface area contributed by atoms with Gasteiger partial charge in [-0.1, -0.05) is 17.7 Å². The number of rotatable bonds is 2. The minimum absolute atomic E-state index is 0.291. The molecule has 1 rings (SSSR count). The van der Waals surface area contributed by atoms with E-state index in [1.165, 1.54) is 5.56 Å². The number of aryl methyl sites for hydroxylation is 1. The van der Waals surface area contributed by atoms with Crippen LogP contribution >= 0.6 is 0 Å². The predicted octanol–water partition coefficient (Wildman–Crippen LogP) is 2.45. The Morgan fingerprint density at radius 2 is 1.75 bits per heavy atom. The minimum Gasteiger partial charge on any atom is -0.628 e. The summed E-state index contributed by atoms with van der Waals surface area (Å²) < 4.78 is -0.291. The zero-order valence-electron chi connectivity index (χ0n) is 7.87. The lowest BCUT2D eigenvalue weighted by molar-refractivity contribution is 0.470. The summed E-state index contributed by atoms with van der Waals surface area (Å²) in [4.78, 5) is 0. The molecule has 0 N–H and O–H groups in total. The molecule has 0 saturated heterocycles. The second-order valence-electron chi connectivity index (χ2n) is 3.25. The lowest BCUT2D eigenvalue weighted by Crippen LogP contribution is -2.37. The average Bonchev–Trinajstić information content (AvgIpc) is 2.05. The van der Waals surface area contributed by atoms with E-state index in [2.05, 4.69) is 0 Å². The van der Waals surface area contributed by atoms with E-state index in [1.54, 1.807) is 7.05 Å². The van der Waals surface area contributed by atoms with Crippen molar-refractivity contribution in [3.63, 3.8) is 0 Å². The molecule has 1 aromatic rings. The molecule has 1 aromatic carbocycles. The smallest absolute Gasteiger partial charge is 0.132 e. The molecule has 2 nitrogen and oxygen atoms in total. The van der Waals surface area contributed by atoms with Gasteiger partial charge in [0.05, 0.1) is 13.6 Å². The second kappa shape index (κ2) is 3.25. The van der Waals surface area contributed by atoms with Crippen molar-refractivity contribution in [2.45, 2.75) is 13.8 Å². The zero-order chi connectivity index (χ0) is 9.19. The van der Waals surface area contributed by atoms with Gasteiger partial charge < -0.3 is 9.85 Å². The van der Waals surface area contributed by atoms with Crippen molar-refractivity contribution in [2.24, 2.45) is 0 Å². The normalized spacial score (nSPS) is 15.7. The van der Waals surface area contributed by atoms with Crippen molar-refractivity contribution >= 4 is 5.69 Å². The first-order chi connectivity index (χ1) is 5.56. The fourth-order valence-corrected chi connectivity index (χ4v) is 1.04. The van der Waals surface area contributed by atoms with Crippen LogP contribution in [0.15, 0.2) is 24.3 Å². The van der Waals surface area contributed by atoms with Gasteiger partial charge in [0.2, 0.25) is 0 Å². The summed E-state index contributed by atoms with van der Waals surface area (Å²) in [6, 6.07) is 7.73. The highest BCUT2D eigenvalue weighted by Gasteiger charge is 2.09. The topological polar surface area (TPSA) is 23.1 Å². The van der Waals surface area contributed by atoms with Gasteiger partial charge in [0.1, 0.15) is 5.69 Å². The highest BCUT2D eigenvalue weighted by molar-refractivity contribution is 5.44. The van der Waals surface area contributed by atoms with Crippen molar-refractivity contribution in [3.05, 3.63) is 35.0 Å². The quantitative estimate of drug-likeness (QED) is 0.487. The SMILES string of the molecule is CC[N@@+](C)([O-])c1ccc(C)cc1. The van der Waals surface area contributed by atoms with Crippen LogP contribution in [0.25, 0.3) is 0 Å². The van der Waals surface area contributed by atoms with Crippen molar-refractivity contribution < 1.29 is 0 Å². The van der Waals surface area contributed by atoms with E-state index in [0.717, 1.165) is 5.69 Å². The fraction of sp³-hybridized carbons (Fsp3) is 0.400. The van der Waals surface area contributed by atoms with E-state index in [4.69, 9.17) is 0 Å². The third kappa shape index (κ3) is 1.84. The molecule has 0 heterocycles. The molecule has 0 bridgehead atoms. The Bertz CT molecular complexity index is 251. The van der Waals surface area contributed by atoms with Gasteiger partial charge >= 0.3 is 0 Å². The molecule has 66 valence electrons. The van der Waals surface area contributed by atoms with Gasteiger partial charge in [0.15, 0.2) is 0 Å². The molecule has 0 radical (unpaired) electrons. The van der Waals surface area contributed by atoms with Crippen LogP contribution in [0.2, 0.25) is 0 Å². The van der Waals surface area contributed by atoms with Crippen molar-refractivity contribution in [1.82, 2.24) is 4.65 Å². The first-order valence-corrected chi connectivity index (χ1v) is 4.20. The van der Waals surface area contributed by atoms with Gasteiger partial charge in [0, 0.05) is 0 Å². The van der Waals surface area contributed by atoms with E-state index < -0.39 is 0 Å². The monoisotopic (exact) mass is 165 g/mol. The van der Waals surface area contributed by atoms with Crippen LogP contribution < -0.4 is 4.65 Å². The Kier molecular flexibility index (Phi) is 2.50. The van der Waals surface area contributed by atoms with Crippen LogP contribution in [0, 0.1) is 12.1 Å². The first-order valence-electron chi connectivity index (χ1n) is 4.20. The number of nitrogens with zero attached hydrogens (tertiary/aromatic N) is 1. The molecule has 0 amide bonds. The van der Waals surface area contributed by atoms with E-state index >= 15 is 0 Å². The lowest BCUT2D eigenvalue weighted by atomic mass is 10.2. The number of quaternary nitrogens is 1. The van der Waals surface area contributed by atoms with Gasteiger partial charge in [-0.05, 0) is 26.0 Å². The molecule has 2 heteroatoms. The third-order valence-corrected chi connectivity index (χ3v) is 2.18. The summed E-state index contributed by atoms with van der Waals surface area (Å²) in [5.74, 6) is 0. The summed E-state index contributed by atoms with van der Waals surface area (Å²) in [7, 11) is 1.67. The largest absolute Gasteiger partial charge is 0.628 e. The minimum atomic E-state index is -0.291. The maximum absolute atomic E-state index is 11.7. The number of hydroxylamine groups is 2. The van der Waals surface area contributed by atoms with Gasteiger partial charge in [-0.25, -0.2) is 0 Å². The molecular weight excluding hydrogens is 150 g/mol. The summed E-state index contributed by atoms with van der Waals surface area (Å²) in [5, 5.41) is 11.7. The number of hydrogen-bond donors (Lipinski definition) is 0. The molecule has 0 aliphatic heterocycles. The first kappa shape index (κ1) is 9.23. The average molecular weight is 165 g/mol. The highest BCUT2D eigenvalue weighted by Crippen LogP contribution is 2.19. The lowest BCUT2D eigenvalue weighted by Gasteiger charge is -2.36. The van der Waals surface area contributed by atoms with E-state index in [0.29, 0.717) is 6.54 Å². The van der Waals surface area contributed by atoms with E-state index in [9.17, 15) is 5.21 Å². The fourth-order valence-electron chi connectivity index (χ4n) is 1.04. The standard InChI is InChI=1S/C10H15NO/c1-4-11(3,12)10-7-5-9(2)6-8-10/h5-8H,4H2,1-3H3/t11-/m1/s1. The Balaban J connectivity index is 2.96. The van der Waals surface area contributed by atoms with Crippen molar-refractivity contribution in [2.75, 3.05) is 13.6 Å². The predicted molar refractivity (Wildman–Crippen MR) is 52.8 cm³/mol. The van der Waals surface area contributed by atoms with Crippen molar-refractivity contribution in [1.29, 1.82) is 0 Å². The van der Waals surface area contributed by atoms with Crippen LogP contribution in [0.4, 0.5) is 5.69 Å². The van der Waals surface area contributed by atoms with Crippen LogP contribution in [0.3, 0.4) is 0 Å². The van der Waals surface area contributed by atoms with Gasteiger partial charge in [-0.3, -0.25) is 0 Å². The molecule has 0 fully saturated rings. The Morgan fingerprint density at radius 3 is 2.17 bits per heavy atom. The summed E-state index contributed by atoms with van der Waals surface area (Å²) in [5.41, 5.74) is 2.01. The van der Waals surface area contributed by atoms with Crippen molar-refractivity contribution in [3.8, 4) is 0 Å². The van der Waals surface area contributed by atoms with Crippen LogP contribution in [0.1, 0.15) is 12.5 Å². The van der Waals surface area contributed by atoms with Gasteiger partial charge in [0.25, 0.3) is 0 Å².